The SMILES string of the molecule is CC1(C)OB(C2=CC=CC(c3cc4ccccc4cc3N3C=NC4C=CC=CC43)C2)OC1(C)C. The number of allylic oxidation sites excluding steroid dienone is 6. The van der Waals surface area contributed by atoms with Gasteiger partial charge >= 0.3 is 7.12 Å². The van der Waals surface area contributed by atoms with Crippen molar-refractivity contribution in [1.82, 2.24) is 0 Å². The minimum atomic E-state index is -0.342. The molecule has 1 saturated heterocycles. The van der Waals surface area contributed by atoms with Gasteiger partial charge in [0.2, 0.25) is 0 Å². The highest BCUT2D eigenvalue weighted by Crippen LogP contribution is 2.44. The molecule has 4 nitrogen and oxygen atoms in total. The summed E-state index contributed by atoms with van der Waals surface area (Å²) in [5, 5.41) is 2.50. The van der Waals surface area contributed by atoms with Crippen LogP contribution in [-0.2, 0) is 9.31 Å². The molecule has 172 valence electrons. The monoisotopic (exact) mass is 450 g/mol. The third kappa shape index (κ3) is 3.50. The Kier molecular flexibility index (Phi) is 4.98. The molecule has 4 aliphatic rings. The standard InChI is InChI=1S/C29H31BN2O2/c1-28(2)29(3,4)34-30(33-28)23-13-9-12-22(16-23)24-17-20-10-5-6-11-21(20)18-27(24)32-19-31-25-14-7-8-15-26(25)32/h5-15,17-19,22,25-26H,16H2,1-4H3. The lowest BCUT2D eigenvalue weighted by Crippen LogP contribution is -2.41. The molecule has 2 aromatic rings. The van der Waals surface area contributed by atoms with Crippen molar-refractivity contribution in [3.05, 3.63) is 90.0 Å². The highest BCUT2D eigenvalue weighted by Gasteiger charge is 2.52. The topological polar surface area (TPSA) is 34.1 Å². The first kappa shape index (κ1) is 21.6. The molecule has 0 amide bonds. The number of hydrogen-bond acceptors (Lipinski definition) is 4. The summed E-state index contributed by atoms with van der Waals surface area (Å²) in [7, 11) is -0.314. The Morgan fingerprint density at radius 1 is 0.912 bits per heavy atom. The number of fused-ring (bicyclic) bond motifs is 2. The van der Waals surface area contributed by atoms with E-state index in [1.165, 1.54) is 27.5 Å². The molecule has 2 heterocycles. The lowest BCUT2D eigenvalue weighted by Gasteiger charge is -2.32. The molecule has 0 aromatic heterocycles. The van der Waals surface area contributed by atoms with Crippen LogP contribution in [-0.4, -0.2) is 36.7 Å². The van der Waals surface area contributed by atoms with Gasteiger partial charge in [0.1, 0.15) is 0 Å². The predicted octanol–water partition coefficient (Wildman–Crippen LogP) is 6.15. The summed E-state index contributed by atoms with van der Waals surface area (Å²) in [5.41, 5.74) is 3.04. The highest BCUT2D eigenvalue weighted by molar-refractivity contribution is 6.54. The second-order valence-corrected chi connectivity index (χ2v) is 10.7. The van der Waals surface area contributed by atoms with Crippen LogP contribution in [0.1, 0.15) is 45.6 Å². The minimum Gasteiger partial charge on any atom is -0.400 e. The van der Waals surface area contributed by atoms with Crippen LogP contribution in [0.15, 0.2) is 89.4 Å². The van der Waals surface area contributed by atoms with Crippen molar-refractivity contribution < 1.29 is 9.31 Å². The second kappa shape index (κ2) is 7.83. The van der Waals surface area contributed by atoms with Crippen LogP contribution in [0.2, 0.25) is 0 Å². The molecule has 2 aromatic carbocycles. The molecular weight excluding hydrogens is 419 g/mol. The third-order valence-corrected chi connectivity index (χ3v) is 8.00. The maximum Gasteiger partial charge on any atom is 0.490 e. The first-order chi connectivity index (χ1) is 16.3. The maximum absolute atomic E-state index is 6.39. The van der Waals surface area contributed by atoms with E-state index in [9.17, 15) is 0 Å². The van der Waals surface area contributed by atoms with Crippen molar-refractivity contribution >= 4 is 29.9 Å². The van der Waals surface area contributed by atoms with E-state index in [1.807, 2.05) is 6.34 Å². The number of rotatable bonds is 3. The number of nitrogens with zero attached hydrogens (tertiary/aromatic N) is 2. The van der Waals surface area contributed by atoms with E-state index in [0.29, 0.717) is 0 Å². The van der Waals surface area contributed by atoms with Crippen LogP contribution in [0.3, 0.4) is 0 Å². The normalized spacial score (nSPS) is 28.6. The number of hydrogen-bond donors (Lipinski definition) is 0. The smallest absolute Gasteiger partial charge is 0.400 e. The Balaban J connectivity index is 1.37. The van der Waals surface area contributed by atoms with Gasteiger partial charge in [-0.15, -0.1) is 0 Å². The van der Waals surface area contributed by atoms with E-state index < -0.39 is 0 Å². The maximum atomic E-state index is 6.39. The van der Waals surface area contributed by atoms with Gasteiger partial charge in [-0.05, 0) is 68.1 Å². The molecule has 34 heavy (non-hydrogen) atoms. The van der Waals surface area contributed by atoms with Gasteiger partial charge in [-0.3, -0.25) is 4.99 Å². The van der Waals surface area contributed by atoms with Gasteiger partial charge in [-0.2, -0.15) is 0 Å². The highest BCUT2D eigenvalue weighted by atomic mass is 16.7. The van der Waals surface area contributed by atoms with Gasteiger partial charge in [0.25, 0.3) is 0 Å². The van der Waals surface area contributed by atoms with Gasteiger partial charge in [0.05, 0.1) is 29.6 Å². The molecular formula is C29H31BN2O2. The first-order valence-corrected chi connectivity index (χ1v) is 12.2. The fourth-order valence-corrected chi connectivity index (χ4v) is 5.28. The Labute approximate surface area is 202 Å². The van der Waals surface area contributed by atoms with Crippen LogP contribution in [0, 0.1) is 0 Å². The Hall–Kier alpha value is -2.89. The Bertz CT molecular complexity index is 1270. The summed E-state index contributed by atoms with van der Waals surface area (Å²) in [6, 6.07) is 13.7. The van der Waals surface area contributed by atoms with Gasteiger partial charge in [-0.25, -0.2) is 0 Å². The van der Waals surface area contributed by atoms with E-state index in [4.69, 9.17) is 14.3 Å². The zero-order valence-corrected chi connectivity index (χ0v) is 20.3. The van der Waals surface area contributed by atoms with Crippen molar-refractivity contribution in [3.8, 4) is 0 Å². The Morgan fingerprint density at radius 2 is 1.62 bits per heavy atom. The van der Waals surface area contributed by atoms with E-state index in [2.05, 4.69) is 112 Å². The van der Waals surface area contributed by atoms with E-state index in [0.717, 1.165) is 6.42 Å². The van der Waals surface area contributed by atoms with Crippen molar-refractivity contribution in [2.24, 2.45) is 4.99 Å². The number of benzene rings is 2. The molecule has 0 saturated carbocycles. The lowest BCUT2D eigenvalue weighted by atomic mass is 9.70. The van der Waals surface area contributed by atoms with Crippen LogP contribution >= 0.6 is 0 Å². The number of anilines is 1. The molecule has 0 radical (unpaired) electrons. The van der Waals surface area contributed by atoms with Crippen LogP contribution < -0.4 is 4.90 Å². The van der Waals surface area contributed by atoms with Gasteiger partial charge in [0, 0.05) is 11.6 Å². The molecule has 2 aliphatic heterocycles. The lowest BCUT2D eigenvalue weighted by molar-refractivity contribution is 0.00578. The summed E-state index contributed by atoms with van der Waals surface area (Å²) in [4.78, 5) is 7.13. The van der Waals surface area contributed by atoms with Crippen molar-refractivity contribution in [2.45, 2.75) is 63.3 Å². The third-order valence-electron chi connectivity index (χ3n) is 8.00. The van der Waals surface area contributed by atoms with E-state index in [-0.39, 0.29) is 36.3 Å². The van der Waals surface area contributed by atoms with Crippen molar-refractivity contribution in [1.29, 1.82) is 0 Å². The van der Waals surface area contributed by atoms with E-state index >= 15 is 0 Å². The zero-order valence-electron chi connectivity index (χ0n) is 20.3. The van der Waals surface area contributed by atoms with E-state index in [1.54, 1.807) is 0 Å². The predicted molar refractivity (Wildman–Crippen MR) is 141 cm³/mol. The molecule has 3 atom stereocenters. The Morgan fingerprint density at radius 3 is 2.38 bits per heavy atom. The summed E-state index contributed by atoms with van der Waals surface area (Å²) < 4.78 is 12.8. The summed E-state index contributed by atoms with van der Waals surface area (Å²) >= 11 is 0. The molecule has 5 heteroatoms. The fourth-order valence-electron chi connectivity index (χ4n) is 5.28. The van der Waals surface area contributed by atoms with Crippen LogP contribution in [0.25, 0.3) is 10.8 Å². The summed E-state index contributed by atoms with van der Waals surface area (Å²) in [6.45, 7) is 8.45. The summed E-state index contributed by atoms with van der Waals surface area (Å²) in [6.07, 6.45) is 18.2. The van der Waals surface area contributed by atoms with Gasteiger partial charge < -0.3 is 14.2 Å². The molecule has 0 N–H and O–H groups in total. The zero-order chi connectivity index (χ0) is 23.5. The minimum absolute atomic E-state index is 0.173. The molecule has 0 spiro atoms. The first-order valence-electron chi connectivity index (χ1n) is 12.2. The largest absolute Gasteiger partial charge is 0.490 e. The van der Waals surface area contributed by atoms with Crippen molar-refractivity contribution in [2.75, 3.05) is 4.90 Å². The average Bonchev–Trinajstić information content (AvgIpc) is 3.35. The molecule has 3 unspecified atom stereocenters. The molecule has 0 bridgehead atoms. The van der Waals surface area contributed by atoms with Gasteiger partial charge in [-0.1, -0.05) is 66.8 Å². The van der Waals surface area contributed by atoms with Crippen LogP contribution in [0.4, 0.5) is 5.69 Å². The van der Waals surface area contributed by atoms with Crippen molar-refractivity contribution in [3.63, 3.8) is 0 Å². The average molecular weight is 450 g/mol. The quantitative estimate of drug-likeness (QED) is 0.526. The molecule has 1 fully saturated rings. The summed E-state index contributed by atoms with van der Waals surface area (Å²) in [5.74, 6) is 0.231. The molecule has 6 rings (SSSR count). The van der Waals surface area contributed by atoms with Crippen LogP contribution in [0.5, 0.6) is 0 Å². The number of aliphatic imine (C=N–C) groups is 1. The molecule has 2 aliphatic carbocycles. The van der Waals surface area contributed by atoms with Gasteiger partial charge in [0.15, 0.2) is 0 Å². The second-order valence-electron chi connectivity index (χ2n) is 10.7. The fraction of sp³-hybridized carbons (Fsp3) is 0.345.